The zero-order valence-corrected chi connectivity index (χ0v) is 17.9. The third kappa shape index (κ3) is 6.95. The molecule has 1 aliphatic rings. The molecule has 2 amide bonds. The molecular weight excluding hydrogens is 392 g/mol. The van der Waals surface area contributed by atoms with Crippen LogP contribution in [-0.4, -0.2) is 30.4 Å². The summed E-state index contributed by atoms with van der Waals surface area (Å²) in [5, 5.41) is 5.88. The van der Waals surface area contributed by atoms with Gasteiger partial charge < -0.3 is 15.4 Å². The smallest absolute Gasteiger partial charge is 0.308 e. The van der Waals surface area contributed by atoms with E-state index in [1.807, 2.05) is 36.4 Å². The van der Waals surface area contributed by atoms with Gasteiger partial charge in [-0.3, -0.25) is 14.4 Å². The van der Waals surface area contributed by atoms with E-state index in [2.05, 4.69) is 17.6 Å². The summed E-state index contributed by atoms with van der Waals surface area (Å²) in [5.74, 6) is -0.652. The molecular formula is C25H30N2O4. The van der Waals surface area contributed by atoms with Gasteiger partial charge in [0, 0.05) is 11.6 Å². The van der Waals surface area contributed by atoms with E-state index >= 15 is 0 Å². The van der Waals surface area contributed by atoms with E-state index in [0.717, 1.165) is 24.8 Å². The van der Waals surface area contributed by atoms with Crippen LogP contribution in [0.5, 0.6) is 0 Å². The number of ether oxygens (including phenoxy) is 1. The minimum Gasteiger partial charge on any atom is -0.456 e. The van der Waals surface area contributed by atoms with Gasteiger partial charge in [0.25, 0.3) is 11.8 Å². The molecule has 2 N–H and O–H groups in total. The maximum Gasteiger partial charge on any atom is 0.308 e. The maximum absolute atomic E-state index is 12.6. The van der Waals surface area contributed by atoms with Gasteiger partial charge in [0.2, 0.25) is 0 Å². The van der Waals surface area contributed by atoms with Crippen LogP contribution < -0.4 is 10.6 Å². The zero-order valence-electron chi connectivity index (χ0n) is 17.9. The van der Waals surface area contributed by atoms with Crippen LogP contribution in [0.15, 0.2) is 60.7 Å². The summed E-state index contributed by atoms with van der Waals surface area (Å²) in [6, 6.07) is 17.7. The van der Waals surface area contributed by atoms with Crippen molar-refractivity contribution in [3.05, 3.63) is 71.8 Å². The zero-order chi connectivity index (χ0) is 22.1. The van der Waals surface area contributed by atoms with E-state index in [1.165, 1.54) is 6.42 Å². The third-order valence-electron chi connectivity index (χ3n) is 5.74. The molecule has 2 aromatic carbocycles. The Balaban J connectivity index is 1.55. The summed E-state index contributed by atoms with van der Waals surface area (Å²) >= 11 is 0. The van der Waals surface area contributed by atoms with E-state index < -0.39 is 12.0 Å². The molecule has 0 radical (unpaired) electrons. The van der Waals surface area contributed by atoms with Crippen molar-refractivity contribution in [2.24, 2.45) is 5.92 Å². The largest absolute Gasteiger partial charge is 0.456 e. The molecule has 0 unspecified atom stereocenters. The molecule has 6 heteroatoms. The number of carbonyl (C=O) groups excluding carboxylic acids is 3. The molecule has 1 saturated carbocycles. The van der Waals surface area contributed by atoms with Crippen molar-refractivity contribution in [1.82, 2.24) is 10.6 Å². The van der Waals surface area contributed by atoms with E-state index in [4.69, 9.17) is 4.74 Å². The van der Waals surface area contributed by atoms with Gasteiger partial charge in [0.15, 0.2) is 6.61 Å². The highest BCUT2D eigenvalue weighted by atomic mass is 16.5. The van der Waals surface area contributed by atoms with Gasteiger partial charge in [-0.25, -0.2) is 0 Å². The van der Waals surface area contributed by atoms with Gasteiger partial charge in [-0.05, 0) is 36.5 Å². The van der Waals surface area contributed by atoms with E-state index in [1.54, 1.807) is 24.3 Å². The third-order valence-corrected chi connectivity index (χ3v) is 5.74. The van der Waals surface area contributed by atoms with Gasteiger partial charge in [0.1, 0.15) is 0 Å². The molecule has 0 aromatic heterocycles. The Morgan fingerprint density at radius 3 is 2.29 bits per heavy atom. The molecule has 2 aromatic rings. The molecule has 164 valence electrons. The first-order chi connectivity index (χ1) is 15.0. The highest BCUT2D eigenvalue weighted by molar-refractivity contribution is 5.94. The number of nitrogens with one attached hydrogen (secondary N) is 2. The SMILES string of the molecule is C[C@@H]1CCCC[C@H]1NC(=O)COC(=O)C[C@H](NC(=O)c1ccccc1)c1ccccc1. The highest BCUT2D eigenvalue weighted by Crippen LogP contribution is 2.23. The monoisotopic (exact) mass is 422 g/mol. The first-order valence-electron chi connectivity index (χ1n) is 10.9. The molecule has 6 nitrogen and oxygen atoms in total. The van der Waals surface area contributed by atoms with E-state index in [-0.39, 0.29) is 30.9 Å². The van der Waals surface area contributed by atoms with Gasteiger partial charge >= 0.3 is 5.97 Å². The molecule has 0 heterocycles. The second-order valence-electron chi connectivity index (χ2n) is 8.10. The Labute approximate surface area is 183 Å². The molecule has 0 saturated heterocycles. The fourth-order valence-electron chi connectivity index (χ4n) is 3.92. The number of rotatable bonds is 8. The Morgan fingerprint density at radius 1 is 0.968 bits per heavy atom. The predicted octanol–water partition coefficient (Wildman–Crippen LogP) is 3.79. The molecule has 3 atom stereocenters. The Morgan fingerprint density at radius 2 is 1.61 bits per heavy atom. The Bertz CT molecular complexity index is 870. The molecule has 0 bridgehead atoms. The summed E-state index contributed by atoms with van der Waals surface area (Å²) in [6.07, 6.45) is 4.30. The lowest BCUT2D eigenvalue weighted by Crippen LogP contribution is -2.43. The van der Waals surface area contributed by atoms with E-state index in [0.29, 0.717) is 11.5 Å². The van der Waals surface area contributed by atoms with Crippen molar-refractivity contribution < 1.29 is 19.1 Å². The van der Waals surface area contributed by atoms with Crippen LogP contribution >= 0.6 is 0 Å². The normalized spacial score (nSPS) is 19.1. The topological polar surface area (TPSA) is 84.5 Å². The molecule has 1 fully saturated rings. The minimum atomic E-state index is -0.553. The molecule has 1 aliphatic carbocycles. The van der Waals surface area contributed by atoms with Crippen LogP contribution in [0.4, 0.5) is 0 Å². The Hall–Kier alpha value is -3.15. The van der Waals surface area contributed by atoms with Crippen molar-refractivity contribution in [3.8, 4) is 0 Å². The van der Waals surface area contributed by atoms with Crippen molar-refractivity contribution in [1.29, 1.82) is 0 Å². The average molecular weight is 423 g/mol. The second kappa shape index (κ2) is 11.3. The number of esters is 1. The summed E-state index contributed by atoms with van der Waals surface area (Å²) in [7, 11) is 0. The minimum absolute atomic E-state index is 0.0598. The number of amides is 2. The fraction of sp³-hybridized carbons (Fsp3) is 0.400. The van der Waals surface area contributed by atoms with Crippen LogP contribution in [0.3, 0.4) is 0 Å². The number of carbonyl (C=O) groups is 3. The van der Waals surface area contributed by atoms with Gasteiger partial charge in [0.05, 0.1) is 12.5 Å². The predicted molar refractivity (Wildman–Crippen MR) is 118 cm³/mol. The summed E-state index contributed by atoms with van der Waals surface area (Å²) in [6.45, 7) is 1.83. The lowest BCUT2D eigenvalue weighted by molar-refractivity contribution is -0.149. The van der Waals surface area contributed by atoms with Crippen LogP contribution in [0.2, 0.25) is 0 Å². The van der Waals surface area contributed by atoms with Gasteiger partial charge in [-0.2, -0.15) is 0 Å². The summed E-state index contributed by atoms with van der Waals surface area (Å²) in [5.41, 5.74) is 1.31. The van der Waals surface area contributed by atoms with Crippen LogP contribution in [0, 0.1) is 5.92 Å². The summed E-state index contributed by atoms with van der Waals surface area (Å²) in [4.78, 5) is 37.3. The van der Waals surface area contributed by atoms with Gasteiger partial charge in [-0.15, -0.1) is 0 Å². The lowest BCUT2D eigenvalue weighted by atomic mass is 9.86. The first kappa shape index (κ1) is 22.5. The highest BCUT2D eigenvalue weighted by Gasteiger charge is 2.24. The maximum atomic E-state index is 12.6. The Kier molecular flexibility index (Phi) is 8.21. The summed E-state index contributed by atoms with van der Waals surface area (Å²) < 4.78 is 5.22. The number of hydrogen-bond donors (Lipinski definition) is 2. The first-order valence-corrected chi connectivity index (χ1v) is 10.9. The lowest BCUT2D eigenvalue weighted by Gasteiger charge is -2.29. The van der Waals surface area contributed by atoms with E-state index in [9.17, 15) is 14.4 Å². The standard InChI is InChI=1S/C25H30N2O4/c1-18-10-8-9-15-21(18)26-23(28)17-31-24(29)16-22(19-11-4-2-5-12-19)27-25(30)20-13-6-3-7-14-20/h2-7,11-14,18,21-22H,8-10,15-17H2,1H3,(H,26,28)(H,27,30)/t18-,21-,22+/m1/s1. The van der Waals surface area contributed by atoms with Crippen molar-refractivity contribution in [3.63, 3.8) is 0 Å². The van der Waals surface area contributed by atoms with Gasteiger partial charge in [-0.1, -0.05) is 68.3 Å². The van der Waals surface area contributed by atoms with Crippen LogP contribution in [-0.2, 0) is 14.3 Å². The molecule has 0 aliphatic heterocycles. The second-order valence-corrected chi connectivity index (χ2v) is 8.10. The molecule has 31 heavy (non-hydrogen) atoms. The van der Waals surface area contributed by atoms with Crippen LogP contribution in [0.1, 0.15) is 61.0 Å². The number of hydrogen-bond acceptors (Lipinski definition) is 4. The molecule has 3 rings (SSSR count). The number of benzene rings is 2. The van der Waals surface area contributed by atoms with Crippen molar-refractivity contribution in [2.45, 2.75) is 51.1 Å². The van der Waals surface area contributed by atoms with Crippen LogP contribution in [0.25, 0.3) is 0 Å². The average Bonchev–Trinajstić information content (AvgIpc) is 2.80. The van der Waals surface area contributed by atoms with Crippen molar-refractivity contribution >= 4 is 17.8 Å². The van der Waals surface area contributed by atoms with Crippen molar-refractivity contribution in [2.75, 3.05) is 6.61 Å². The molecule has 0 spiro atoms. The fourth-order valence-corrected chi connectivity index (χ4v) is 3.92. The quantitative estimate of drug-likeness (QED) is 0.634.